The highest BCUT2D eigenvalue weighted by atomic mass is 19.1. The number of ether oxygens (including phenoxy) is 1. The van der Waals surface area contributed by atoms with Crippen LogP contribution in [0.4, 0.5) is 10.1 Å². The van der Waals surface area contributed by atoms with Gasteiger partial charge in [-0.2, -0.15) is 0 Å². The normalized spacial score (nSPS) is 18.8. The number of rotatable bonds is 5. The fourth-order valence-electron chi connectivity index (χ4n) is 2.43. The molecule has 0 spiro atoms. The monoisotopic (exact) mass is 282 g/mol. The summed E-state index contributed by atoms with van der Waals surface area (Å²) in [6, 6.07) is 2.73. The van der Waals surface area contributed by atoms with Crippen molar-refractivity contribution in [1.82, 2.24) is 5.32 Å². The standard InChI is InChI=1S/C14H19FN2O3/c1-10-8-14(12(15)9-13(10)17(18)19)20-7-5-11-4-2-3-6-16-11/h8-9,11,16H,2-7H2,1H3. The molecule has 1 atom stereocenters. The summed E-state index contributed by atoms with van der Waals surface area (Å²) in [5, 5.41) is 14.1. The van der Waals surface area contributed by atoms with Gasteiger partial charge in [0, 0.05) is 11.6 Å². The molecule has 5 nitrogen and oxygen atoms in total. The number of hydrogen-bond donors (Lipinski definition) is 1. The number of hydrogen-bond acceptors (Lipinski definition) is 4. The van der Waals surface area contributed by atoms with E-state index in [4.69, 9.17) is 4.74 Å². The number of nitro groups is 1. The molecule has 20 heavy (non-hydrogen) atoms. The summed E-state index contributed by atoms with van der Waals surface area (Å²) < 4.78 is 19.1. The van der Waals surface area contributed by atoms with Gasteiger partial charge in [-0.3, -0.25) is 10.1 Å². The maximum Gasteiger partial charge on any atom is 0.275 e. The van der Waals surface area contributed by atoms with Crippen molar-refractivity contribution in [1.29, 1.82) is 0 Å². The molecule has 0 aromatic heterocycles. The Morgan fingerprint density at radius 1 is 1.50 bits per heavy atom. The van der Waals surface area contributed by atoms with E-state index < -0.39 is 10.7 Å². The number of nitrogens with zero attached hydrogens (tertiary/aromatic N) is 1. The van der Waals surface area contributed by atoms with Gasteiger partial charge in [-0.25, -0.2) is 4.39 Å². The van der Waals surface area contributed by atoms with Crippen LogP contribution in [0.15, 0.2) is 12.1 Å². The van der Waals surface area contributed by atoms with Crippen LogP contribution in [0, 0.1) is 22.9 Å². The third-order valence-corrected chi connectivity index (χ3v) is 3.58. The first-order valence-corrected chi connectivity index (χ1v) is 6.88. The van der Waals surface area contributed by atoms with Gasteiger partial charge < -0.3 is 10.1 Å². The van der Waals surface area contributed by atoms with Crippen LogP contribution in [-0.2, 0) is 0 Å². The fourth-order valence-corrected chi connectivity index (χ4v) is 2.43. The number of aryl methyl sites for hydroxylation is 1. The van der Waals surface area contributed by atoms with Gasteiger partial charge in [0.05, 0.1) is 17.6 Å². The summed E-state index contributed by atoms with van der Waals surface area (Å²) in [6.45, 7) is 3.01. The smallest absolute Gasteiger partial charge is 0.275 e. The van der Waals surface area contributed by atoms with Crippen LogP contribution in [-0.4, -0.2) is 24.1 Å². The van der Waals surface area contributed by atoms with Crippen molar-refractivity contribution in [3.63, 3.8) is 0 Å². The van der Waals surface area contributed by atoms with Gasteiger partial charge in [0.2, 0.25) is 0 Å². The van der Waals surface area contributed by atoms with Gasteiger partial charge in [0.25, 0.3) is 5.69 Å². The molecule has 6 heteroatoms. The largest absolute Gasteiger partial charge is 0.490 e. The van der Waals surface area contributed by atoms with Crippen molar-refractivity contribution in [3.05, 3.63) is 33.6 Å². The van der Waals surface area contributed by atoms with Crippen LogP contribution in [0.3, 0.4) is 0 Å². The van der Waals surface area contributed by atoms with Crippen LogP contribution in [0.2, 0.25) is 0 Å². The Balaban J connectivity index is 1.92. The molecule has 1 heterocycles. The molecule has 110 valence electrons. The van der Waals surface area contributed by atoms with E-state index in [0.717, 1.165) is 25.5 Å². The summed E-state index contributed by atoms with van der Waals surface area (Å²) in [4.78, 5) is 10.1. The second kappa shape index (κ2) is 6.65. The zero-order chi connectivity index (χ0) is 14.5. The number of benzene rings is 1. The molecule has 1 unspecified atom stereocenters. The van der Waals surface area contributed by atoms with E-state index in [1.807, 2.05) is 0 Å². The van der Waals surface area contributed by atoms with Crippen molar-refractivity contribution in [2.24, 2.45) is 0 Å². The first-order valence-electron chi connectivity index (χ1n) is 6.88. The average molecular weight is 282 g/mol. The lowest BCUT2D eigenvalue weighted by molar-refractivity contribution is -0.385. The molecular weight excluding hydrogens is 263 g/mol. The first-order chi connectivity index (χ1) is 9.58. The third kappa shape index (κ3) is 3.66. The molecular formula is C14H19FN2O3. The lowest BCUT2D eigenvalue weighted by atomic mass is 10.0. The molecule has 2 rings (SSSR count). The fraction of sp³-hybridized carbons (Fsp3) is 0.571. The highest BCUT2D eigenvalue weighted by Gasteiger charge is 2.17. The van der Waals surface area contributed by atoms with Crippen molar-refractivity contribution < 1.29 is 14.1 Å². The average Bonchev–Trinajstić information content (AvgIpc) is 2.43. The quantitative estimate of drug-likeness (QED) is 0.666. The summed E-state index contributed by atoms with van der Waals surface area (Å²) >= 11 is 0. The highest BCUT2D eigenvalue weighted by molar-refractivity contribution is 5.45. The van der Waals surface area contributed by atoms with E-state index in [0.29, 0.717) is 18.2 Å². The molecule has 1 aromatic carbocycles. The summed E-state index contributed by atoms with van der Waals surface area (Å²) in [5.74, 6) is -0.595. The molecule has 0 amide bonds. The molecule has 1 fully saturated rings. The Kier molecular flexibility index (Phi) is 4.89. The van der Waals surface area contributed by atoms with Crippen LogP contribution in [0.25, 0.3) is 0 Å². The van der Waals surface area contributed by atoms with E-state index in [1.165, 1.54) is 18.9 Å². The first kappa shape index (κ1) is 14.7. The zero-order valence-corrected chi connectivity index (χ0v) is 11.5. The summed E-state index contributed by atoms with van der Waals surface area (Å²) in [6.07, 6.45) is 4.34. The third-order valence-electron chi connectivity index (χ3n) is 3.58. The van der Waals surface area contributed by atoms with Gasteiger partial charge in [0.1, 0.15) is 0 Å². The predicted octanol–water partition coefficient (Wildman–Crippen LogP) is 2.95. The molecule has 1 aliphatic rings. The van der Waals surface area contributed by atoms with Gasteiger partial charge in [-0.15, -0.1) is 0 Å². The van der Waals surface area contributed by atoms with Crippen molar-refractivity contribution in [2.75, 3.05) is 13.2 Å². The Morgan fingerprint density at radius 3 is 2.95 bits per heavy atom. The molecule has 0 radical (unpaired) electrons. The van der Waals surface area contributed by atoms with Gasteiger partial charge in [0.15, 0.2) is 11.6 Å². The SMILES string of the molecule is Cc1cc(OCCC2CCCCN2)c(F)cc1[N+](=O)[O-]. The Bertz CT molecular complexity index is 488. The van der Waals surface area contributed by atoms with Crippen LogP contribution in [0.5, 0.6) is 5.75 Å². The molecule has 1 saturated heterocycles. The summed E-state index contributed by atoms with van der Waals surface area (Å²) in [5.41, 5.74) is 0.186. The maximum atomic E-state index is 13.7. The second-order valence-electron chi connectivity index (χ2n) is 5.11. The van der Waals surface area contributed by atoms with Crippen molar-refractivity contribution in [3.8, 4) is 5.75 Å². The van der Waals surface area contributed by atoms with E-state index >= 15 is 0 Å². The van der Waals surface area contributed by atoms with E-state index in [-0.39, 0.29) is 11.4 Å². The van der Waals surface area contributed by atoms with Crippen LogP contribution < -0.4 is 10.1 Å². The van der Waals surface area contributed by atoms with Gasteiger partial charge >= 0.3 is 0 Å². The lowest BCUT2D eigenvalue weighted by Gasteiger charge is -2.23. The number of nitrogens with one attached hydrogen (secondary N) is 1. The number of nitro benzene ring substituents is 1. The molecule has 0 aliphatic carbocycles. The van der Waals surface area contributed by atoms with Crippen LogP contribution >= 0.6 is 0 Å². The minimum atomic E-state index is -0.682. The maximum absolute atomic E-state index is 13.7. The lowest BCUT2D eigenvalue weighted by Crippen LogP contribution is -2.35. The number of piperidine rings is 1. The van der Waals surface area contributed by atoms with Crippen LogP contribution in [0.1, 0.15) is 31.2 Å². The molecule has 1 aliphatic heterocycles. The number of halogens is 1. The van der Waals surface area contributed by atoms with Crippen molar-refractivity contribution >= 4 is 5.69 Å². The minimum Gasteiger partial charge on any atom is -0.490 e. The topological polar surface area (TPSA) is 64.4 Å². The zero-order valence-electron chi connectivity index (χ0n) is 11.5. The minimum absolute atomic E-state index is 0.0870. The van der Waals surface area contributed by atoms with E-state index in [9.17, 15) is 14.5 Å². The highest BCUT2D eigenvalue weighted by Crippen LogP contribution is 2.27. The molecule has 0 bridgehead atoms. The summed E-state index contributed by atoms with van der Waals surface area (Å²) in [7, 11) is 0. The van der Waals surface area contributed by atoms with E-state index in [2.05, 4.69) is 5.32 Å². The predicted molar refractivity (Wildman–Crippen MR) is 73.5 cm³/mol. The van der Waals surface area contributed by atoms with E-state index in [1.54, 1.807) is 6.92 Å². The second-order valence-corrected chi connectivity index (χ2v) is 5.11. The van der Waals surface area contributed by atoms with Gasteiger partial charge in [-0.1, -0.05) is 6.42 Å². The Morgan fingerprint density at radius 2 is 2.30 bits per heavy atom. The Hall–Kier alpha value is -1.69. The van der Waals surface area contributed by atoms with Crippen molar-refractivity contribution in [2.45, 2.75) is 38.6 Å². The molecule has 1 N–H and O–H groups in total. The van der Waals surface area contributed by atoms with Gasteiger partial charge in [-0.05, 0) is 38.8 Å². The Labute approximate surface area is 117 Å². The molecule has 1 aromatic rings. The molecule has 0 saturated carbocycles.